The molecule has 152 valence electrons. The molecule has 0 radical (unpaired) electrons. The van der Waals surface area contributed by atoms with Crippen LogP contribution in [0.3, 0.4) is 0 Å². The van der Waals surface area contributed by atoms with Crippen molar-refractivity contribution in [3.8, 4) is 0 Å². The molecule has 2 unspecified atom stereocenters. The zero-order valence-electron chi connectivity index (χ0n) is 16.5. The first-order chi connectivity index (χ1) is 14.0. The van der Waals surface area contributed by atoms with Crippen LogP contribution in [0.2, 0.25) is 0 Å². The molecule has 3 amide bonds. The molecule has 7 nitrogen and oxygen atoms in total. The highest BCUT2D eigenvalue weighted by atomic mass is 16.2. The summed E-state index contributed by atoms with van der Waals surface area (Å²) >= 11 is 0. The topological polar surface area (TPSA) is 105 Å². The molecule has 0 saturated carbocycles. The van der Waals surface area contributed by atoms with E-state index in [0.29, 0.717) is 25.1 Å². The number of likely N-dealkylation sites (tertiary alicyclic amines) is 1. The van der Waals surface area contributed by atoms with Gasteiger partial charge in [0.05, 0.1) is 12.0 Å². The lowest BCUT2D eigenvalue weighted by Gasteiger charge is -2.31. The maximum Gasteiger partial charge on any atom is 0.291 e. The van der Waals surface area contributed by atoms with Crippen molar-refractivity contribution >= 4 is 17.7 Å². The van der Waals surface area contributed by atoms with E-state index in [4.69, 9.17) is 5.73 Å². The average molecular weight is 394 g/mol. The molecule has 4 rings (SSSR count). The molecular weight excluding hydrogens is 368 g/mol. The Morgan fingerprint density at radius 3 is 2.83 bits per heavy atom. The van der Waals surface area contributed by atoms with Gasteiger partial charge in [0, 0.05) is 30.6 Å². The van der Waals surface area contributed by atoms with Crippen molar-refractivity contribution < 1.29 is 14.4 Å². The summed E-state index contributed by atoms with van der Waals surface area (Å²) in [4.78, 5) is 38.2. The fourth-order valence-corrected chi connectivity index (χ4v) is 4.59. The summed E-state index contributed by atoms with van der Waals surface area (Å²) in [6, 6.07) is 7.43. The normalized spacial score (nSPS) is 24.4. The van der Waals surface area contributed by atoms with Crippen LogP contribution >= 0.6 is 0 Å². The second-order valence-corrected chi connectivity index (χ2v) is 8.14. The van der Waals surface area contributed by atoms with Gasteiger partial charge in [0.2, 0.25) is 5.91 Å². The van der Waals surface area contributed by atoms with Crippen molar-refractivity contribution in [2.45, 2.75) is 51.0 Å². The van der Waals surface area contributed by atoms with Gasteiger partial charge in [-0.1, -0.05) is 12.1 Å². The van der Waals surface area contributed by atoms with Gasteiger partial charge in [-0.25, -0.2) is 0 Å². The van der Waals surface area contributed by atoms with Crippen LogP contribution in [-0.4, -0.2) is 41.8 Å². The molecule has 2 heterocycles. The molecule has 3 aliphatic rings. The Labute approximate surface area is 170 Å². The van der Waals surface area contributed by atoms with E-state index in [1.165, 1.54) is 0 Å². The fourth-order valence-electron chi connectivity index (χ4n) is 4.59. The van der Waals surface area contributed by atoms with Gasteiger partial charge in [0.15, 0.2) is 0 Å². The van der Waals surface area contributed by atoms with Crippen LogP contribution in [0.5, 0.6) is 0 Å². The lowest BCUT2D eigenvalue weighted by Crippen LogP contribution is -2.44. The van der Waals surface area contributed by atoms with Gasteiger partial charge in [-0.15, -0.1) is 5.11 Å². The molecule has 0 bridgehead atoms. The minimum atomic E-state index is -0.343. The Morgan fingerprint density at radius 2 is 2.00 bits per heavy atom. The molecule has 2 N–H and O–H groups in total. The van der Waals surface area contributed by atoms with Crippen molar-refractivity contribution in [3.63, 3.8) is 0 Å². The summed E-state index contributed by atoms with van der Waals surface area (Å²) in [7, 11) is 0. The van der Waals surface area contributed by atoms with E-state index >= 15 is 0 Å². The first-order valence-electron chi connectivity index (χ1n) is 10.4. The van der Waals surface area contributed by atoms with Crippen molar-refractivity contribution in [1.29, 1.82) is 0 Å². The molecule has 7 heteroatoms. The maximum absolute atomic E-state index is 13.0. The van der Waals surface area contributed by atoms with Gasteiger partial charge in [-0.2, -0.15) is 5.11 Å². The first-order valence-corrected chi connectivity index (χ1v) is 10.4. The number of benzene rings is 1. The van der Waals surface area contributed by atoms with Gasteiger partial charge in [-0.3, -0.25) is 14.4 Å². The van der Waals surface area contributed by atoms with E-state index in [1.807, 2.05) is 18.2 Å². The quantitative estimate of drug-likeness (QED) is 0.849. The fraction of sp³-hybridized carbons (Fsp3) is 0.500. The van der Waals surface area contributed by atoms with Crippen molar-refractivity contribution in [2.24, 2.45) is 21.9 Å². The summed E-state index contributed by atoms with van der Waals surface area (Å²) < 4.78 is 0. The molecule has 1 aromatic carbocycles. The van der Waals surface area contributed by atoms with Crippen LogP contribution < -0.4 is 5.73 Å². The number of nitrogens with zero attached hydrogens (tertiary/aromatic N) is 3. The van der Waals surface area contributed by atoms with Gasteiger partial charge in [0.25, 0.3) is 11.8 Å². The van der Waals surface area contributed by atoms with E-state index < -0.39 is 0 Å². The highest BCUT2D eigenvalue weighted by Gasteiger charge is 2.30. The zero-order valence-corrected chi connectivity index (χ0v) is 16.5. The number of amides is 3. The summed E-state index contributed by atoms with van der Waals surface area (Å²) in [6.45, 7) is 1.02. The van der Waals surface area contributed by atoms with E-state index in [2.05, 4.69) is 10.2 Å². The molecule has 2 aliphatic heterocycles. The molecule has 0 spiro atoms. The van der Waals surface area contributed by atoms with Crippen LogP contribution in [0.1, 0.15) is 54.4 Å². The SMILES string of the molecule is NC(=O)C1CCCN(C(=O)c2cccc(CC3N=NC(=O)C4=C3CCCC4)c2)C1. The monoisotopic (exact) mass is 394 g/mol. The summed E-state index contributed by atoms with van der Waals surface area (Å²) in [5, 5.41) is 8.11. The number of hydrogen-bond donors (Lipinski definition) is 1. The summed E-state index contributed by atoms with van der Waals surface area (Å²) in [5.74, 6) is -0.873. The molecule has 29 heavy (non-hydrogen) atoms. The van der Waals surface area contributed by atoms with Crippen LogP contribution in [0.25, 0.3) is 0 Å². The smallest absolute Gasteiger partial charge is 0.291 e. The van der Waals surface area contributed by atoms with E-state index in [9.17, 15) is 14.4 Å². The Balaban J connectivity index is 1.50. The van der Waals surface area contributed by atoms with Crippen LogP contribution in [0, 0.1) is 5.92 Å². The van der Waals surface area contributed by atoms with Crippen LogP contribution in [0.4, 0.5) is 0 Å². The van der Waals surface area contributed by atoms with Crippen LogP contribution in [-0.2, 0) is 16.0 Å². The van der Waals surface area contributed by atoms with E-state index in [-0.39, 0.29) is 29.7 Å². The second-order valence-electron chi connectivity index (χ2n) is 8.14. The predicted octanol–water partition coefficient (Wildman–Crippen LogP) is 2.80. The Bertz CT molecular complexity index is 905. The van der Waals surface area contributed by atoms with Gasteiger partial charge in [-0.05, 0) is 61.8 Å². The third-order valence-corrected chi connectivity index (χ3v) is 6.17. The minimum Gasteiger partial charge on any atom is -0.369 e. The zero-order chi connectivity index (χ0) is 20.4. The molecule has 2 atom stereocenters. The van der Waals surface area contributed by atoms with Crippen LogP contribution in [0.15, 0.2) is 45.6 Å². The third-order valence-electron chi connectivity index (χ3n) is 6.17. The van der Waals surface area contributed by atoms with E-state index in [0.717, 1.165) is 55.2 Å². The second kappa shape index (κ2) is 8.27. The highest BCUT2D eigenvalue weighted by Crippen LogP contribution is 2.33. The number of piperidine rings is 1. The molecular formula is C22H26N4O3. The van der Waals surface area contributed by atoms with E-state index in [1.54, 1.807) is 11.0 Å². The standard InChI is InChI=1S/C22H26N4O3/c23-20(27)16-7-4-10-26(13-16)22(29)15-6-3-5-14(11-15)12-19-17-8-1-2-9-18(17)21(28)25-24-19/h3,5-6,11,16,19H,1-2,4,7-10,12-13H2,(H2,23,27). The average Bonchev–Trinajstić information content (AvgIpc) is 2.76. The lowest BCUT2D eigenvalue weighted by atomic mass is 9.84. The van der Waals surface area contributed by atoms with Gasteiger partial charge in [0.1, 0.15) is 0 Å². The highest BCUT2D eigenvalue weighted by molar-refractivity contribution is 5.96. The number of rotatable bonds is 4. The van der Waals surface area contributed by atoms with Crippen molar-refractivity contribution in [2.75, 3.05) is 13.1 Å². The number of hydrogen-bond acceptors (Lipinski definition) is 4. The van der Waals surface area contributed by atoms with Gasteiger partial charge < -0.3 is 10.6 Å². The Kier molecular flexibility index (Phi) is 5.56. The maximum atomic E-state index is 13.0. The first kappa shape index (κ1) is 19.5. The number of carbonyl (C=O) groups excluding carboxylic acids is 3. The van der Waals surface area contributed by atoms with Crippen molar-refractivity contribution in [1.82, 2.24) is 4.90 Å². The number of nitrogens with two attached hydrogens (primary N) is 1. The lowest BCUT2D eigenvalue weighted by molar-refractivity contribution is -0.123. The Morgan fingerprint density at radius 1 is 1.17 bits per heavy atom. The molecule has 1 aromatic rings. The third kappa shape index (κ3) is 4.13. The Hall–Kier alpha value is -2.83. The number of carbonyl (C=O) groups is 3. The molecule has 1 aliphatic carbocycles. The number of azo groups is 1. The molecule has 0 aromatic heterocycles. The molecule has 1 fully saturated rings. The largest absolute Gasteiger partial charge is 0.369 e. The summed E-state index contributed by atoms with van der Waals surface area (Å²) in [6.07, 6.45) is 5.94. The van der Waals surface area contributed by atoms with Gasteiger partial charge >= 0.3 is 0 Å². The minimum absolute atomic E-state index is 0.0733. The van der Waals surface area contributed by atoms with Crippen molar-refractivity contribution in [3.05, 3.63) is 46.5 Å². The molecule has 1 saturated heterocycles. The number of primary amides is 1. The predicted molar refractivity (Wildman–Crippen MR) is 107 cm³/mol. The summed E-state index contributed by atoms with van der Waals surface area (Å²) in [5.41, 5.74) is 9.00.